The molecule has 0 bridgehead atoms. The first kappa shape index (κ1) is 19.7. The summed E-state index contributed by atoms with van der Waals surface area (Å²) in [6, 6.07) is 7.17. The highest BCUT2D eigenvalue weighted by molar-refractivity contribution is 7.88. The number of sulfonamides is 1. The van der Waals surface area contributed by atoms with Gasteiger partial charge in [0.25, 0.3) is 0 Å². The summed E-state index contributed by atoms with van der Waals surface area (Å²) in [4.78, 5) is 26.3. The minimum absolute atomic E-state index is 0.187. The van der Waals surface area contributed by atoms with Crippen molar-refractivity contribution in [2.75, 3.05) is 45.5 Å². The molecule has 0 spiro atoms. The number of amides is 2. The molecule has 2 rings (SSSR count). The third kappa shape index (κ3) is 5.98. The molecular formula is C16H22ClN3O4S. The predicted octanol–water partition coefficient (Wildman–Crippen LogP) is 0.445. The van der Waals surface area contributed by atoms with E-state index in [-0.39, 0.29) is 19.0 Å². The van der Waals surface area contributed by atoms with Crippen LogP contribution in [0.5, 0.6) is 0 Å². The molecule has 1 saturated heterocycles. The van der Waals surface area contributed by atoms with Gasteiger partial charge in [-0.2, -0.15) is 4.31 Å². The van der Waals surface area contributed by atoms with Crippen molar-refractivity contribution in [1.82, 2.24) is 14.1 Å². The molecule has 0 saturated carbocycles. The quantitative estimate of drug-likeness (QED) is 0.636. The summed E-state index contributed by atoms with van der Waals surface area (Å²) in [5.74, 6) is -0.243. The Balaban J connectivity index is 1.94. The third-order valence-electron chi connectivity index (χ3n) is 4.16. The van der Waals surface area contributed by atoms with Gasteiger partial charge in [0.1, 0.15) is 0 Å². The van der Waals surface area contributed by atoms with Gasteiger partial charge in [-0.3, -0.25) is 9.59 Å². The van der Waals surface area contributed by atoms with E-state index in [0.717, 1.165) is 18.2 Å². The number of halogens is 1. The Morgan fingerprint density at radius 1 is 1.20 bits per heavy atom. The average Bonchev–Trinajstić information content (AvgIpc) is 2.59. The van der Waals surface area contributed by atoms with Crippen LogP contribution in [0, 0.1) is 0 Å². The first-order valence-corrected chi connectivity index (χ1v) is 10.2. The maximum absolute atomic E-state index is 12.4. The van der Waals surface area contributed by atoms with Gasteiger partial charge < -0.3 is 9.80 Å². The highest BCUT2D eigenvalue weighted by atomic mass is 35.5. The van der Waals surface area contributed by atoms with Crippen LogP contribution in [-0.2, 0) is 26.0 Å². The van der Waals surface area contributed by atoms with Gasteiger partial charge >= 0.3 is 0 Å². The Morgan fingerprint density at radius 2 is 1.80 bits per heavy atom. The summed E-state index contributed by atoms with van der Waals surface area (Å²) >= 11 is 5.84. The van der Waals surface area contributed by atoms with Crippen molar-refractivity contribution in [3.8, 4) is 0 Å². The number of benzene rings is 1. The van der Waals surface area contributed by atoms with Crippen LogP contribution in [0.25, 0.3) is 0 Å². The highest BCUT2D eigenvalue weighted by Crippen LogP contribution is 2.11. The van der Waals surface area contributed by atoms with Gasteiger partial charge in [0.2, 0.25) is 22.3 Å². The van der Waals surface area contributed by atoms with E-state index in [0.29, 0.717) is 37.6 Å². The van der Waals surface area contributed by atoms with E-state index >= 15 is 0 Å². The van der Waals surface area contributed by atoms with Crippen LogP contribution in [0.4, 0.5) is 0 Å². The van der Waals surface area contributed by atoms with Crippen molar-refractivity contribution < 1.29 is 18.0 Å². The van der Waals surface area contributed by atoms with Crippen LogP contribution in [0.15, 0.2) is 24.3 Å². The van der Waals surface area contributed by atoms with Crippen molar-refractivity contribution in [1.29, 1.82) is 0 Å². The summed E-state index contributed by atoms with van der Waals surface area (Å²) in [6.45, 7) is 1.82. The number of nitrogens with zero attached hydrogens (tertiary/aromatic N) is 3. The third-order valence-corrected chi connectivity index (χ3v) is 5.66. The maximum atomic E-state index is 12.4. The van der Waals surface area contributed by atoms with E-state index in [1.54, 1.807) is 21.9 Å². The van der Waals surface area contributed by atoms with Crippen LogP contribution in [-0.4, -0.2) is 80.4 Å². The fourth-order valence-corrected chi connectivity index (χ4v) is 3.49. The summed E-state index contributed by atoms with van der Waals surface area (Å²) in [6.07, 6.45) is 2.36. The molecule has 7 nitrogen and oxygen atoms in total. The second-order valence-electron chi connectivity index (χ2n) is 6.00. The second kappa shape index (κ2) is 8.64. The molecule has 1 aromatic rings. The van der Waals surface area contributed by atoms with Gasteiger partial charge in [-0.05, 0) is 24.1 Å². The first-order valence-electron chi connectivity index (χ1n) is 7.96. The van der Waals surface area contributed by atoms with E-state index in [2.05, 4.69) is 0 Å². The van der Waals surface area contributed by atoms with Gasteiger partial charge in [0.15, 0.2) is 0 Å². The largest absolute Gasteiger partial charge is 0.342 e. The summed E-state index contributed by atoms with van der Waals surface area (Å²) < 4.78 is 25.2. The molecule has 0 aliphatic carbocycles. The van der Waals surface area contributed by atoms with E-state index < -0.39 is 10.0 Å². The highest BCUT2D eigenvalue weighted by Gasteiger charge is 2.25. The molecule has 1 aliphatic heterocycles. The van der Waals surface area contributed by atoms with E-state index in [1.807, 2.05) is 12.1 Å². The lowest BCUT2D eigenvalue weighted by atomic mass is 10.1. The van der Waals surface area contributed by atoms with Crippen LogP contribution in [0.3, 0.4) is 0 Å². The SMILES string of the molecule is CS(=O)(=O)N(CCc1ccc(Cl)cc1)CC(=O)N1CCN(C=O)CC1. The number of rotatable bonds is 7. The molecule has 0 aromatic heterocycles. The van der Waals surface area contributed by atoms with Crippen molar-refractivity contribution >= 4 is 33.9 Å². The maximum Gasteiger partial charge on any atom is 0.238 e. The number of carbonyl (C=O) groups excluding carboxylic acids is 2. The Hall–Kier alpha value is -1.64. The van der Waals surface area contributed by atoms with Gasteiger partial charge in [0, 0.05) is 37.7 Å². The number of hydrogen-bond donors (Lipinski definition) is 0. The average molecular weight is 388 g/mol. The zero-order chi connectivity index (χ0) is 18.4. The van der Waals surface area contributed by atoms with E-state index in [9.17, 15) is 18.0 Å². The topological polar surface area (TPSA) is 78.0 Å². The molecule has 1 aromatic carbocycles. The van der Waals surface area contributed by atoms with Crippen LogP contribution < -0.4 is 0 Å². The Bertz CT molecular complexity index is 701. The normalized spacial score (nSPS) is 15.5. The van der Waals surface area contributed by atoms with Crippen LogP contribution in [0.2, 0.25) is 5.02 Å². The van der Waals surface area contributed by atoms with Gasteiger partial charge in [-0.15, -0.1) is 0 Å². The molecule has 1 heterocycles. The standard InChI is InChI=1S/C16H22ClN3O4S/c1-25(23,24)20(7-6-14-2-4-15(17)5-3-14)12-16(22)19-10-8-18(13-21)9-11-19/h2-5,13H,6-12H2,1H3. The molecule has 0 unspecified atom stereocenters. The Kier molecular flexibility index (Phi) is 6.80. The minimum atomic E-state index is -3.50. The second-order valence-corrected chi connectivity index (χ2v) is 8.41. The van der Waals surface area contributed by atoms with Crippen molar-refractivity contribution in [2.45, 2.75) is 6.42 Å². The summed E-state index contributed by atoms with van der Waals surface area (Å²) in [5.41, 5.74) is 0.949. The van der Waals surface area contributed by atoms with Crippen LogP contribution >= 0.6 is 11.6 Å². The van der Waals surface area contributed by atoms with Gasteiger partial charge in [-0.25, -0.2) is 8.42 Å². The molecule has 138 valence electrons. The molecular weight excluding hydrogens is 366 g/mol. The number of hydrogen-bond acceptors (Lipinski definition) is 4. The fourth-order valence-electron chi connectivity index (χ4n) is 2.59. The van der Waals surface area contributed by atoms with Crippen LogP contribution in [0.1, 0.15) is 5.56 Å². The number of carbonyl (C=O) groups is 2. The van der Waals surface area contributed by atoms with Crippen molar-refractivity contribution in [3.63, 3.8) is 0 Å². The number of piperazine rings is 1. The molecule has 1 fully saturated rings. The monoisotopic (exact) mass is 387 g/mol. The molecule has 25 heavy (non-hydrogen) atoms. The molecule has 0 radical (unpaired) electrons. The van der Waals surface area contributed by atoms with Crippen molar-refractivity contribution in [3.05, 3.63) is 34.9 Å². The minimum Gasteiger partial charge on any atom is -0.342 e. The van der Waals surface area contributed by atoms with E-state index in [4.69, 9.17) is 11.6 Å². The zero-order valence-corrected chi connectivity index (χ0v) is 15.7. The lowest BCUT2D eigenvalue weighted by molar-refractivity contribution is -0.135. The summed E-state index contributed by atoms with van der Waals surface area (Å²) in [5, 5.41) is 0.619. The molecule has 9 heteroatoms. The summed E-state index contributed by atoms with van der Waals surface area (Å²) in [7, 11) is -3.50. The Morgan fingerprint density at radius 3 is 2.32 bits per heavy atom. The predicted molar refractivity (Wildman–Crippen MR) is 95.8 cm³/mol. The molecule has 1 aliphatic rings. The molecule has 0 N–H and O–H groups in total. The van der Waals surface area contributed by atoms with Gasteiger partial charge in [-0.1, -0.05) is 23.7 Å². The zero-order valence-electron chi connectivity index (χ0n) is 14.1. The first-order chi connectivity index (χ1) is 11.8. The molecule has 0 atom stereocenters. The molecule has 2 amide bonds. The fraction of sp³-hybridized carbons (Fsp3) is 0.500. The van der Waals surface area contributed by atoms with Crippen molar-refractivity contribution in [2.24, 2.45) is 0 Å². The smallest absolute Gasteiger partial charge is 0.238 e. The lowest BCUT2D eigenvalue weighted by Crippen LogP contribution is -2.51. The van der Waals surface area contributed by atoms with E-state index in [1.165, 1.54) is 4.31 Å². The Labute approximate surface area is 153 Å². The lowest BCUT2D eigenvalue weighted by Gasteiger charge is -2.33. The van der Waals surface area contributed by atoms with Gasteiger partial charge in [0.05, 0.1) is 12.8 Å².